The number of carbonyl (C=O) groups is 1. The summed E-state index contributed by atoms with van der Waals surface area (Å²) in [6, 6.07) is 20.8. The van der Waals surface area contributed by atoms with Crippen LogP contribution in [-0.4, -0.2) is 38.0 Å². The molecule has 0 saturated heterocycles. The van der Waals surface area contributed by atoms with Gasteiger partial charge in [0.15, 0.2) is 0 Å². The number of nitrogens with one attached hydrogen (secondary N) is 1. The third-order valence-corrected chi connectivity index (χ3v) is 4.77. The molecule has 1 amide bonds. The van der Waals surface area contributed by atoms with Crippen LogP contribution in [0.15, 0.2) is 60.7 Å². The summed E-state index contributed by atoms with van der Waals surface area (Å²) in [6.45, 7) is 1.74. The van der Waals surface area contributed by atoms with Crippen LogP contribution in [0.5, 0.6) is 0 Å². The zero-order valence-electron chi connectivity index (χ0n) is 14.5. The van der Waals surface area contributed by atoms with E-state index < -0.39 is 0 Å². The number of rotatable bonds is 7. The van der Waals surface area contributed by atoms with Gasteiger partial charge in [0.1, 0.15) is 0 Å². The Bertz CT molecular complexity index is 609. The molecule has 0 aromatic heterocycles. The van der Waals surface area contributed by atoms with E-state index in [2.05, 4.69) is 72.8 Å². The summed E-state index contributed by atoms with van der Waals surface area (Å²) >= 11 is 0. The van der Waals surface area contributed by atoms with Gasteiger partial charge in [-0.25, -0.2) is 0 Å². The highest BCUT2D eigenvalue weighted by molar-refractivity contribution is 5.85. The lowest BCUT2D eigenvalue weighted by Crippen LogP contribution is -2.29. The van der Waals surface area contributed by atoms with Crippen LogP contribution in [0.2, 0.25) is 0 Å². The molecule has 1 N–H and O–H groups in total. The molecule has 3 nitrogen and oxygen atoms in total. The molecule has 1 aliphatic carbocycles. The van der Waals surface area contributed by atoms with E-state index in [9.17, 15) is 4.79 Å². The third kappa shape index (κ3) is 3.85. The van der Waals surface area contributed by atoms with E-state index >= 15 is 0 Å². The van der Waals surface area contributed by atoms with Crippen molar-refractivity contribution in [1.29, 1.82) is 0 Å². The highest BCUT2D eigenvalue weighted by Gasteiger charge is 2.55. The van der Waals surface area contributed by atoms with Gasteiger partial charge in [-0.15, -0.1) is 0 Å². The fourth-order valence-corrected chi connectivity index (χ4v) is 3.54. The lowest BCUT2D eigenvalue weighted by Gasteiger charge is -2.10. The molecule has 2 aromatic carbocycles. The fraction of sp³-hybridized carbons (Fsp3) is 0.381. The highest BCUT2D eigenvalue weighted by Crippen LogP contribution is 2.60. The maximum absolute atomic E-state index is 12.7. The zero-order valence-corrected chi connectivity index (χ0v) is 14.5. The van der Waals surface area contributed by atoms with Crippen molar-refractivity contribution in [2.24, 2.45) is 5.92 Å². The Balaban J connectivity index is 1.69. The van der Waals surface area contributed by atoms with Crippen molar-refractivity contribution >= 4 is 5.91 Å². The van der Waals surface area contributed by atoms with Gasteiger partial charge in [0.25, 0.3) is 0 Å². The molecule has 1 saturated carbocycles. The van der Waals surface area contributed by atoms with E-state index in [0.717, 1.165) is 19.5 Å². The lowest BCUT2D eigenvalue weighted by atomic mass is 10.0. The molecule has 1 aliphatic rings. The highest BCUT2D eigenvalue weighted by atomic mass is 16.2. The van der Waals surface area contributed by atoms with E-state index in [0.29, 0.717) is 11.8 Å². The summed E-state index contributed by atoms with van der Waals surface area (Å²) in [7, 11) is 4.11. The van der Waals surface area contributed by atoms with Crippen LogP contribution in [0.4, 0.5) is 0 Å². The summed E-state index contributed by atoms with van der Waals surface area (Å²) in [4.78, 5) is 14.8. The predicted octanol–water partition coefficient (Wildman–Crippen LogP) is 3.25. The van der Waals surface area contributed by atoms with E-state index in [1.54, 1.807) is 0 Å². The van der Waals surface area contributed by atoms with Crippen LogP contribution >= 0.6 is 0 Å². The smallest absolute Gasteiger partial charge is 0.224 e. The van der Waals surface area contributed by atoms with Crippen LogP contribution in [0.25, 0.3) is 0 Å². The molecule has 0 radical (unpaired) electrons. The Labute approximate surface area is 144 Å². The largest absolute Gasteiger partial charge is 0.356 e. The molecule has 3 rings (SSSR count). The van der Waals surface area contributed by atoms with Crippen LogP contribution in [0.1, 0.15) is 29.4 Å². The van der Waals surface area contributed by atoms with Crippen molar-refractivity contribution in [3.05, 3.63) is 71.8 Å². The molecule has 0 aliphatic heterocycles. The number of benzene rings is 2. The first-order valence-electron chi connectivity index (χ1n) is 8.71. The van der Waals surface area contributed by atoms with Gasteiger partial charge < -0.3 is 10.2 Å². The van der Waals surface area contributed by atoms with Crippen molar-refractivity contribution < 1.29 is 4.79 Å². The summed E-state index contributed by atoms with van der Waals surface area (Å²) in [6.07, 6.45) is 0.984. The van der Waals surface area contributed by atoms with Gasteiger partial charge in [-0.1, -0.05) is 60.7 Å². The SMILES string of the molecule is CN(C)CCCNC(=O)C1C(c2ccccc2)C1c1ccccc1. The monoisotopic (exact) mass is 322 g/mol. The van der Waals surface area contributed by atoms with Gasteiger partial charge >= 0.3 is 0 Å². The molecule has 2 atom stereocenters. The Hall–Kier alpha value is -2.13. The predicted molar refractivity (Wildman–Crippen MR) is 98.0 cm³/mol. The molecule has 126 valence electrons. The second kappa shape index (κ2) is 7.63. The molecule has 24 heavy (non-hydrogen) atoms. The molecule has 0 heterocycles. The molecular formula is C21H26N2O. The van der Waals surface area contributed by atoms with Gasteiger partial charge in [0.2, 0.25) is 5.91 Å². The standard InChI is InChI=1S/C21H26N2O/c1-23(2)15-9-14-22-21(24)20-18(16-10-5-3-6-11-16)19(20)17-12-7-4-8-13-17/h3-8,10-13,18-20H,9,14-15H2,1-2H3,(H,22,24). The minimum Gasteiger partial charge on any atom is -0.356 e. The van der Waals surface area contributed by atoms with Crippen LogP contribution < -0.4 is 5.32 Å². The molecule has 2 unspecified atom stereocenters. The van der Waals surface area contributed by atoms with E-state index in [4.69, 9.17) is 0 Å². The van der Waals surface area contributed by atoms with Crippen molar-refractivity contribution in [3.63, 3.8) is 0 Å². The van der Waals surface area contributed by atoms with Gasteiger partial charge in [-0.3, -0.25) is 4.79 Å². The van der Waals surface area contributed by atoms with Crippen molar-refractivity contribution in [2.75, 3.05) is 27.2 Å². The van der Waals surface area contributed by atoms with E-state index in [1.807, 2.05) is 12.1 Å². The van der Waals surface area contributed by atoms with Crippen LogP contribution in [0.3, 0.4) is 0 Å². The fourth-order valence-electron chi connectivity index (χ4n) is 3.54. The second-order valence-corrected chi connectivity index (χ2v) is 6.85. The normalized spacial score (nSPS) is 22.4. The molecule has 3 heteroatoms. The minimum absolute atomic E-state index is 0.0501. The topological polar surface area (TPSA) is 32.3 Å². The van der Waals surface area contributed by atoms with E-state index in [-0.39, 0.29) is 11.8 Å². The summed E-state index contributed by atoms with van der Waals surface area (Å²) < 4.78 is 0. The average Bonchev–Trinajstić information content (AvgIpc) is 3.36. The molecule has 1 fully saturated rings. The van der Waals surface area contributed by atoms with E-state index in [1.165, 1.54) is 11.1 Å². The quantitative estimate of drug-likeness (QED) is 0.794. The summed E-state index contributed by atoms with van der Waals surface area (Å²) in [5.41, 5.74) is 2.53. The maximum atomic E-state index is 12.7. The number of amides is 1. The lowest BCUT2D eigenvalue weighted by molar-refractivity contribution is -0.122. The van der Waals surface area contributed by atoms with Crippen molar-refractivity contribution in [3.8, 4) is 0 Å². The molecule has 2 aromatic rings. The second-order valence-electron chi connectivity index (χ2n) is 6.85. The Kier molecular flexibility index (Phi) is 5.31. The first-order valence-corrected chi connectivity index (χ1v) is 8.71. The first-order chi connectivity index (χ1) is 11.7. The maximum Gasteiger partial charge on any atom is 0.224 e. The Morgan fingerprint density at radius 1 is 0.917 bits per heavy atom. The molecule has 0 bridgehead atoms. The Morgan fingerprint density at radius 3 is 1.88 bits per heavy atom. The third-order valence-electron chi connectivity index (χ3n) is 4.77. The van der Waals surface area contributed by atoms with Crippen LogP contribution in [0, 0.1) is 5.92 Å². The molecular weight excluding hydrogens is 296 g/mol. The molecule has 0 spiro atoms. The number of nitrogens with zero attached hydrogens (tertiary/aromatic N) is 1. The summed E-state index contributed by atoms with van der Waals surface area (Å²) in [5, 5.41) is 3.13. The average molecular weight is 322 g/mol. The zero-order chi connectivity index (χ0) is 16.9. The van der Waals surface area contributed by atoms with Crippen molar-refractivity contribution in [2.45, 2.75) is 18.3 Å². The summed E-state index contributed by atoms with van der Waals surface area (Å²) in [5.74, 6) is 0.829. The van der Waals surface area contributed by atoms with Gasteiger partial charge in [0, 0.05) is 18.4 Å². The van der Waals surface area contributed by atoms with Gasteiger partial charge in [0.05, 0.1) is 5.92 Å². The number of hydrogen-bond acceptors (Lipinski definition) is 2. The number of hydrogen-bond donors (Lipinski definition) is 1. The van der Waals surface area contributed by atoms with Crippen molar-refractivity contribution in [1.82, 2.24) is 10.2 Å². The minimum atomic E-state index is 0.0501. The van der Waals surface area contributed by atoms with Gasteiger partial charge in [-0.05, 0) is 38.2 Å². The van der Waals surface area contributed by atoms with Gasteiger partial charge in [-0.2, -0.15) is 0 Å². The Morgan fingerprint density at radius 2 is 1.42 bits per heavy atom. The number of carbonyl (C=O) groups excluding carboxylic acids is 1. The first kappa shape index (κ1) is 16.7. The van der Waals surface area contributed by atoms with Crippen LogP contribution in [-0.2, 0) is 4.79 Å².